The maximum absolute atomic E-state index is 5.11. The highest BCUT2D eigenvalue weighted by atomic mass is 32.1. The molecule has 0 saturated heterocycles. The van der Waals surface area contributed by atoms with Gasteiger partial charge in [-0.05, 0) is 54.6 Å². The monoisotopic (exact) mass is 669 g/mol. The van der Waals surface area contributed by atoms with Crippen molar-refractivity contribution in [1.82, 2.24) is 24.1 Å². The number of benzene rings is 6. The average molecular weight is 670 g/mol. The van der Waals surface area contributed by atoms with Crippen LogP contribution in [-0.2, 0) is 0 Å². The van der Waals surface area contributed by atoms with Crippen LogP contribution in [0, 0.1) is 0 Å². The standard InChI is InChI=1S/C45H27N5S/c1-2-12-28(13-3-1)45-47-27-41-43(48-45)34-26-29(21-24-40(34)51-41)49-38-20-9-6-16-33(38)42-39(49)23-22-31-30-14-4-7-18-36(30)50(44(31)42)37-19-8-5-15-32(37)35-17-10-11-25-46-35/h1-27H. The molecule has 5 aromatic heterocycles. The van der Waals surface area contributed by atoms with Crippen LogP contribution in [0.15, 0.2) is 164 Å². The Kier molecular flexibility index (Phi) is 6.05. The van der Waals surface area contributed by atoms with E-state index < -0.39 is 0 Å². The quantitative estimate of drug-likeness (QED) is 0.187. The van der Waals surface area contributed by atoms with Crippen molar-refractivity contribution < 1.29 is 0 Å². The third-order valence-electron chi connectivity index (χ3n) is 10.0. The highest BCUT2D eigenvalue weighted by Gasteiger charge is 2.22. The molecule has 6 aromatic carbocycles. The zero-order chi connectivity index (χ0) is 33.5. The summed E-state index contributed by atoms with van der Waals surface area (Å²) in [5, 5.41) is 6.02. The number of hydrogen-bond donors (Lipinski definition) is 0. The molecule has 0 aliphatic heterocycles. The molecular formula is C45H27N5S. The van der Waals surface area contributed by atoms with Gasteiger partial charge in [-0.3, -0.25) is 4.98 Å². The van der Waals surface area contributed by atoms with Crippen molar-refractivity contribution in [3.8, 4) is 34.0 Å². The number of nitrogens with zero attached hydrogens (tertiary/aromatic N) is 5. The lowest BCUT2D eigenvalue weighted by Gasteiger charge is -2.14. The Bertz CT molecular complexity index is 3140. The van der Waals surface area contributed by atoms with Gasteiger partial charge in [-0.25, -0.2) is 9.97 Å². The van der Waals surface area contributed by atoms with Crippen LogP contribution in [0.1, 0.15) is 0 Å². The van der Waals surface area contributed by atoms with Crippen LogP contribution in [0.5, 0.6) is 0 Å². The number of rotatable bonds is 4. The number of pyridine rings is 1. The summed E-state index contributed by atoms with van der Waals surface area (Å²) in [7, 11) is 0. The molecule has 0 fully saturated rings. The highest BCUT2D eigenvalue weighted by molar-refractivity contribution is 7.25. The van der Waals surface area contributed by atoms with Crippen LogP contribution in [-0.4, -0.2) is 24.1 Å². The molecule has 0 bridgehead atoms. The van der Waals surface area contributed by atoms with E-state index in [2.05, 4.69) is 137 Å². The zero-order valence-corrected chi connectivity index (χ0v) is 28.0. The van der Waals surface area contributed by atoms with Gasteiger partial charge < -0.3 is 9.13 Å². The number of thiophene rings is 1. The largest absolute Gasteiger partial charge is 0.309 e. The molecule has 5 heterocycles. The molecule has 0 amide bonds. The van der Waals surface area contributed by atoms with Crippen LogP contribution < -0.4 is 0 Å². The van der Waals surface area contributed by atoms with E-state index in [9.17, 15) is 0 Å². The van der Waals surface area contributed by atoms with Gasteiger partial charge in [0.15, 0.2) is 5.82 Å². The lowest BCUT2D eigenvalue weighted by Crippen LogP contribution is -1.98. The van der Waals surface area contributed by atoms with Gasteiger partial charge in [0.1, 0.15) is 0 Å². The predicted molar refractivity (Wildman–Crippen MR) is 212 cm³/mol. The molecule has 238 valence electrons. The minimum atomic E-state index is 0.742. The van der Waals surface area contributed by atoms with E-state index >= 15 is 0 Å². The molecule has 0 aliphatic carbocycles. The van der Waals surface area contributed by atoms with Crippen molar-refractivity contribution in [2.24, 2.45) is 0 Å². The predicted octanol–water partition coefficient (Wildman–Crippen LogP) is 11.8. The third kappa shape index (κ3) is 4.17. The Morgan fingerprint density at radius 1 is 0.510 bits per heavy atom. The summed E-state index contributed by atoms with van der Waals surface area (Å²) in [4.78, 5) is 14.6. The number of hydrogen-bond acceptors (Lipinski definition) is 4. The molecule has 0 saturated carbocycles. The van der Waals surface area contributed by atoms with E-state index in [0.717, 1.165) is 60.7 Å². The smallest absolute Gasteiger partial charge is 0.159 e. The van der Waals surface area contributed by atoms with Crippen molar-refractivity contribution in [3.05, 3.63) is 164 Å². The van der Waals surface area contributed by atoms with Crippen molar-refractivity contribution in [2.75, 3.05) is 0 Å². The summed E-state index contributed by atoms with van der Waals surface area (Å²) >= 11 is 1.74. The van der Waals surface area contributed by atoms with E-state index in [1.807, 2.05) is 36.7 Å². The first-order chi connectivity index (χ1) is 25.3. The minimum Gasteiger partial charge on any atom is -0.309 e. The van der Waals surface area contributed by atoms with Crippen molar-refractivity contribution in [3.63, 3.8) is 0 Å². The van der Waals surface area contributed by atoms with E-state index in [4.69, 9.17) is 15.0 Å². The van der Waals surface area contributed by atoms with Gasteiger partial charge in [-0.15, -0.1) is 11.3 Å². The molecule has 0 spiro atoms. The molecule has 5 nitrogen and oxygen atoms in total. The second kappa shape index (κ2) is 10.9. The summed E-state index contributed by atoms with van der Waals surface area (Å²) in [5.74, 6) is 0.742. The fourth-order valence-electron chi connectivity index (χ4n) is 7.86. The summed E-state index contributed by atoms with van der Waals surface area (Å²) < 4.78 is 7.15. The van der Waals surface area contributed by atoms with Crippen LogP contribution in [0.4, 0.5) is 0 Å². The first kappa shape index (κ1) is 28.2. The summed E-state index contributed by atoms with van der Waals surface area (Å²) in [5.41, 5.74) is 10.9. The van der Waals surface area contributed by atoms with E-state index in [0.29, 0.717) is 0 Å². The Morgan fingerprint density at radius 3 is 2.14 bits per heavy atom. The van der Waals surface area contributed by atoms with E-state index in [1.54, 1.807) is 11.3 Å². The van der Waals surface area contributed by atoms with Gasteiger partial charge in [0.2, 0.25) is 0 Å². The Hall–Kier alpha value is -6.63. The lowest BCUT2D eigenvalue weighted by atomic mass is 10.1. The highest BCUT2D eigenvalue weighted by Crippen LogP contribution is 2.44. The fourth-order valence-corrected chi connectivity index (χ4v) is 8.85. The van der Waals surface area contributed by atoms with Gasteiger partial charge in [0.25, 0.3) is 0 Å². The Balaban J connectivity index is 1.23. The lowest BCUT2D eigenvalue weighted by molar-refractivity contribution is 1.17. The minimum absolute atomic E-state index is 0.742. The number of fused-ring (bicyclic) bond motifs is 10. The Morgan fingerprint density at radius 2 is 1.27 bits per heavy atom. The molecule has 0 N–H and O–H groups in total. The fraction of sp³-hybridized carbons (Fsp3) is 0. The summed E-state index contributed by atoms with van der Waals surface area (Å²) in [6.45, 7) is 0. The van der Waals surface area contributed by atoms with Crippen LogP contribution in [0.25, 0.3) is 97.9 Å². The van der Waals surface area contributed by atoms with E-state index in [1.165, 1.54) is 37.3 Å². The molecule has 0 aliphatic rings. The number of para-hydroxylation sites is 3. The molecule has 6 heteroatoms. The normalized spacial score (nSPS) is 11.9. The van der Waals surface area contributed by atoms with Crippen LogP contribution >= 0.6 is 11.3 Å². The zero-order valence-electron chi connectivity index (χ0n) is 27.2. The average Bonchev–Trinajstić information content (AvgIpc) is 3.85. The molecule has 11 aromatic rings. The van der Waals surface area contributed by atoms with Crippen LogP contribution in [0.2, 0.25) is 0 Å². The number of aromatic nitrogens is 5. The van der Waals surface area contributed by atoms with Gasteiger partial charge >= 0.3 is 0 Å². The Labute approximate surface area is 296 Å². The maximum atomic E-state index is 5.11. The first-order valence-corrected chi connectivity index (χ1v) is 17.8. The molecule has 0 atom stereocenters. The second-order valence-electron chi connectivity index (χ2n) is 12.8. The third-order valence-corrected chi connectivity index (χ3v) is 11.1. The van der Waals surface area contributed by atoms with Crippen molar-refractivity contribution >= 4 is 75.3 Å². The second-order valence-corrected chi connectivity index (χ2v) is 13.9. The topological polar surface area (TPSA) is 48.5 Å². The summed E-state index contributed by atoms with van der Waals surface area (Å²) in [6.07, 6.45) is 3.83. The van der Waals surface area contributed by atoms with Crippen molar-refractivity contribution in [2.45, 2.75) is 0 Å². The van der Waals surface area contributed by atoms with Gasteiger partial charge in [0.05, 0.1) is 43.7 Å². The molecule has 0 radical (unpaired) electrons. The first-order valence-electron chi connectivity index (χ1n) is 17.0. The van der Waals surface area contributed by atoms with Crippen molar-refractivity contribution in [1.29, 1.82) is 0 Å². The summed E-state index contributed by atoms with van der Waals surface area (Å²) in [6, 6.07) is 53.8. The molecule has 11 rings (SSSR count). The van der Waals surface area contributed by atoms with E-state index in [-0.39, 0.29) is 0 Å². The molecule has 51 heavy (non-hydrogen) atoms. The molecular weight excluding hydrogens is 643 g/mol. The van der Waals surface area contributed by atoms with Gasteiger partial charge in [-0.2, -0.15) is 0 Å². The maximum Gasteiger partial charge on any atom is 0.159 e. The SMILES string of the molecule is c1ccc(-c2ncc3sc4ccc(-n5c6ccccc6c6c5ccc5c7ccccc7n(-c7ccccc7-c7ccccn7)c56)cc4c3n2)cc1. The van der Waals surface area contributed by atoms with Gasteiger partial charge in [-0.1, -0.05) is 97.1 Å². The van der Waals surface area contributed by atoms with Gasteiger partial charge in [0, 0.05) is 60.8 Å². The van der Waals surface area contributed by atoms with Crippen LogP contribution in [0.3, 0.4) is 0 Å². The molecule has 0 unspecified atom stereocenters.